The lowest BCUT2D eigenvalue weighted by molar-refractivity contribution is 0.144. The van der Waals surface area contributed by atoms with Gasteiger partial charge in [0.05, 0.1) is 19.3 Å². The van der Waals surface area contributed by atoms with Gasteiger partial charge >= 0.3 is 0 Å². The minimum absolute atomic E-state index is 0.0439. The SMILES string of the molecule is COc1c[nH]c(=O)c(C(F)F)c1CO. The van der Waals surface area contributed by atoms with Crippen LogP contribution in [0.15, 0.2) is 11.0 Å². The Morgan fingerprint density at radius 3 is 2.71 bits per heavy atom. The van der Waals surface area contributed by atoms with Gasteiger partial charge in [0.1, 0.15) is 5.75 Å². The quantitative estimate of drug-likeness (QED) is 0.767. The summed E-state index contributed by atoms with van der Waals surface area (Å²) < 4.78 is 29.5. The van der Waals surface area contributed by atoms with E-state index in [2.05, 4.69) is 4.98 Å². The first-order valence-electron chi connectivity index (χ1n) is 3.79. The number of methoxy groups -OCH3 is 1. The maximum absolute atomic E-state index is 12.4. The Balaban J connectivity index is 3.43. The number of hydrogen-bond donors (Lipinski definition) is 2. The highest BCUT2D eigenvalue weighted by Crippen LogP contribution is 2.25. The normalized spacial score (nSPS) is 10.6. The lowest BCUT2D eigenvalue weighted by Crippen LogP contribution is -2.16. The van der Waals surface area contributed by atoms with Crippen LogP contribution in [0.4, 0.5) is 8.78 Å². The molecule has 0 atom stereocenters. The molecule has 0 aliphatic heterocycles. The smallest absolute Gasteiger partial charge is 0.269 e. The van der Waals surface area contributed by atoms with Crippen LogP contribution in [0.2, 0.25) is 0 Å². The van der Waals surface area contributed by atoms with Gasteiger partial charge < -0.3 is 14.8 Å². The maximum atomic E-state index is 12.4. The molecule has 1 heterocycles. The molecule has 78 valence electrons. The average molecular weight is 205 g/mol. The number of rotatable bonds is 3. The number of pyridine rings is 1. The molecule has 0 radical (unpaired) electrons. The highest BCUT2D eigenvalue weighted by atomic mass is 19.3. The number of aromatic amines is 1. The second kappa shape index (κ2) is 4.19. The van der Waals surface area contributed by atoms with Gasteiger partial charge in [0.25, 0.3) is 12.0 Å². The van der Waals surface area contributed by atoms with Crippen LogP contribution in [0.5, 0.6) is 5.75 Å². The van der Waals surface area contributed by atoms with E-state index in [1.807, 2.05) is 0 Å². The number of nitrogens with one attached hydrogen (secondary N) is 1. The van der Waals surface area contributed by atoms with Crippen LogP contribution in [0.25, 0.3) is 0 Å². The summed E-state index contributed by atoms with van der Waals surface area (Å²) in [6.45, 7) is -0.660. The largest absolute Gasteiger partial charge is 0.495 e. The van der Waals surface area contributed by atoms with Crippen LogP contribution < -0.4 is 10.3 Å². The standard InChI is InChI=1S/C8H9F2NO3/c1-14-5-2-11-8(13)6(7(9)10)4(5)3-12/h2,7,12H,3H2,1H3,(H,11,13). The Morgan fingerprint density at radius 1 is 1.64 bits per heavy atom. The van der Waals surface area contributed by atoms with Crippen molar-refractivity contribution >= 4 is 0 Å². The summed E-state index contributed by atoms with van der Waals surface area (Å²) in [5.41, 5.74) is -1.83. The molecule has 2 N–H and O–H groups in total. The van der Waals surface area contributed by atoms with Gasteiger partial charge in [-0.3, -0.25) is 4.79 Å². The molecule has 1 aromatic rings. The minimum Gasteiger partial charge on any atom is -0.495 e. The fraction of sp³-hybridized carbons (Fsp3) is 0.375. The van der Waals surface area contributed by atoms with Crippen molar-refractivity contribution in [3.8, 4) is 5.75 Å². The highest BCUT2D eigenvalue weighted by molar-refractivity contribution is 5.37. The Labute approximate surface area is 78.1 Å². The van der Waals surface area contributed by atoms with E-state index >= 15 is 0 Å². The fourth-order valence-electron chi connectivity index (χ4n) is 1.14. The van der Waals surface area contributed by atoms with Crippen LogP contribution in [0.1, 0.15) is 17.6 Å². The van der Waals surface area contributed by atoms with Crippen LogP contribution in [0, 0.1) is 0 Å². The molecular formula is C8H9F2NO3. The van der Waals surface area contributed by atoms with E-state index in [-0.39, 0.29) is 11.3 Å². The van der Waals surface area contributed by atoms with Crippen molar-refractivity contribution < 1.29 is 18.6 Å². The molecule has 0 aromatic carbocycles. The molecule has 0 aliphatic rings. The van der Waals surface area contributed by atoms with Gasteiger partial charge in [0, 0.05) is 11.8 Å². The van der Waals surface area contributed by atoms with Crippen LogP contribution >= 0.6 is 0 Å². The first-order valence-corrected chi connectivity index (χ1v) is 3.79. The molecule has 0 unspecified atom stereocenters. The number of H-pyrrole nitrogens is 1. The summed E-state index contributed by atoms with van der Waals surface area (Å²) in [7, 11) is 1.27. The highest BCUT2D eigenvalue weighted by Gasteiger charge is 2.20. The van der Waals surface area contributed by atoms with Gasteiger partial charge in [-0.15, -0.1) is 0 Å². The lowest BCUT2D eigenvalue weighted by Gasteiger charge is -2.09. The van der Waals surface area contributed by atoms with E-state index in [1.54, 1.807) is 0 Å². The molecule has 4 nitrogen and oxygen atoms in total. The van der Waals surface area contributed by atoms with E-state index in [1.165, 1.54) is 7.11 Å². The zero-order valence-corrected chi connectivity index (χ0v) is 7.38. The summed E-state index contributed by atoms with van der Waals surface area (Å²) in [6, 6.07) is 0. The summed E-state index contributed by atoms with van der Waals surface area (Å²) in [5, 5.41) is 8.84. The monoisotopic (exact) mass is 205 g/mol. The third-order valence-electron chi connectivity index (χ3n) is 1.80. The van der Waals surface area contributed by atoms with Gasteiger partial charge in [0.2, 0.25) is 0 Å². The van der Waals surface area contributed by atoms with Crippen molar-refractivity contribution in [2.45, 2.75) is 13.0 Å². The van der Waals surface area contributed by atoms with E-state index in [9.17, 15) is 13.6 Å². The Kier molecular flexibility index (Phi) is 3.19. The number of aromatic nitrogens is 1. The molecule has 0 saturated carbocycles. The van der Waals surface area contributed by atoms with Crippen molar-refractivity contribution in [3.05, 3.63) is 27.7 Å². The van der Waals surface area contributed by atoms with Gasteiger partial charge in [-0.1, -0.05) is 0 Å². The molecule has 0 aliphatic carbocycles. The summed E-state index contributed by atoms with van der Waals surface area (Å²) in [6.07, 6.45) is -1.80. The van der Waals surface area contributed by atoms with Crippen molar-refractivity contribution in [1.29, 1.82) is 0 Å². The number of halogens is 2. The fourth-order valence-corrected chi connectivity index (χ4v) is 1.14. The second-order valence-electron chi connectivity index (χ2n) is 2.54. The molecule has 1 rings (SSSR count). The number of ether oxygens (including phenoxy) is 1. The van der Waals surface area contributed by atoms with Gasteiger partial charge in [-0.25, -0.2) is 8.78 Å². The molecule has 0 saturated heterocycles. The molecular weight excluding hydrogens is 196 g/mol. The number of hydrogen-bond acceptors (Lipinski definition) is 3. The van der Waals surface area contributed by atoms with Gasteiger partial charge in [0.15, 0.2) is 0 Å². The molecule has 6 heteroatoms. The zero-order valence-electron chi connectivity index (χ0n) is 7.38. The van der Waals surface area contributed by atoms with E-state index in [0.717, 1.165) is 6.20 Å². The predicted octanol–water partition coefficient (Wildman–Crippen LogP) is 0.813. The number of aliphatic hydroxyl groups is 1. The Morgan fingerprint density at radius 2 is 2.29 bits per heavy atom. The Hall–Kier alpha value is -1.43. The Bertz CT molecular complexity index is 375. The maximum Gasteiger partial charge on any atom is 0.269 e. The first kappa shape index (κ1) is 10.6. The molecule has 14 heavy (non-hydrogen) atoms. The van der Waals surface area contributed by atoms with E-state index in [0.29, 0.717) is 0 Å². The molecule has 0 spiro atoms. The zero-order chi connectivity index (χ0) is 10.7. The van der Waals surface area contributed by atoms with Crippen molar-refractivity contribution in [3.63, 3.8) is 0 Å². The lowest BCUT2D eigenvalue weighted by atomic mass is 10.1. The minimum atomic E-state index is -2.93. The summed E-state index contributed by atoms with van der Waals surface area (Å²) in [4.78, 5) is 13.1. The van der Waals surface area contributed by atoms with Crippen molar-refractivity contribution in [2.75, 3.05) is 7.11 Å². The first-order chi connectivity index (χ1) is 6.61. The third-order valence-corrected chi connectivity index (χ3v) is 1.80. The topological polar surface area (TPSA) is 62.3 Å². The summed E-state index contributed by atoms with van der Waals surface area (Å²) >= 11 is 0. The van der Waals surface area contributed by atoms with Gasteiger partial charge in [-0.05, 0) is 0 Å². The summed E-state index contributed by atoms with van der Waals surface area (Å²) in [5.74, 6) is 0.0439. The number of aliphatic hydroxyl groups excluding tert-OH is 1. The van der Waals surface area contributed by atoms with Crippen molar-refractivity contribution in [2.24, 2.45) is 0 Å². The third kappa shape index (κ3) is 1.74. The average Bonchev–Trinajstić information content (AvgIpc) is 2.16. The number of alkyl halides is 2. The van der Waals surface area contributed by atoms with Gasteiger partial charge in [-0.2, -0.15) is 0 Å². The molecule has 0 fully saturated rings. The predicted molar refractivity (Wildman–Crippen MR) is 44.5 cm³/mol. The second-order valence-corrected chi connectivity index (χ2v) is 2.54. The molecule has 0 bridgehead atoms. The van der Waals surface area contributed by atoms with E-state index < -0.39 is 24.2 Å². The van der Waals surface area contributed by atoms with Crippen LogP contribution in [-0.2, 0) is 6.61 Å². The molecule has 0 amide bonds. The molecule has 1 aromatic heterocycles. The van der Waals surface area contributed by atoms with Crippen LogP contribution in [0.3, 0.4) is 0 Å². The van der Waals surface area contributed by atoms with Crippen LogP contribution in [-0.4, -0.2) is 17.2 Å². The van der Waals surface area contributed by atoms with E-state index in [4.69, 9.17) is 9.84 Å². The van der Waals surface area contributed by atoms with Crippen molar-refractivity contribution in [1.82, 2.24) is 4.98 Å².